The highest BCUT2D eigenvalue weighted by Crippen LogP contribution is 2.24. The van der Waals surface area contributed by atoms with Gasteiger partial charge in [0.05, 0.1) is 24.3 Å². The summed E-state index contributed by atoms with van der Waals surface area (Å²) in [6.07, 6.45) is 0.941. The molecule has 2 aromatic carbocycles. The number of carbonyl (C=O) groups is 2. The Labute approximate surface area is 143 Å². The zero-order valence-corrected chi connectivity index (χ0v) is 14.1. The van der Waals surface area contributed by atoms with Gasteiger partial charge in [0.1, 0.15) is 5.75 Å². The van der Waals surface area contributed by atoms with E-state index in [1.165, 1.54) is 4.90 Å². The summed E-state index contributed by atoms with van der Waals surface area (Å²) in [5.41, 5.74) is 1.85. The number of rotatable bonds is 6. The highest BCUT2D eigenvalue weighted by Gasteiger charge is 2.34. The number of nitrogens with zero attached hydrogens (tertiary/aromatic N) is 1. The minimum atomic E-state index is -0.233. The van der Waals surface area contributed by atoms with E-state index in [0.29, 0.717) is 17.7 Å². The van der Waals surface area contributed by atoms with Crippen LogP contribution in [0, 0.1) is 0 Å². The average Bonchev–Trinajstić information content (AvgIpc) is 2.82. The molecule has 23 heavy (non-hydrogen) atoms. The van der Waals surface area contributed by atoms with Crippen LogP contribution < -0.4 is 4.74 Å². The Morgan fingerprint density at radius 3 is 2.09 bits per heavy atom. The van der Waals surface area contributed by atoms with Crippen LogP contribution in [0.4, 0.5) is 0 Å². The van der Waals surface area contributed by atoms with Crippen LogP contribution in [0.2, 0.25) is 0 Å². The van der Waals surface area contributed by atoms with Crippen molar-refractivity contribution in [2.24, 2.45) is 0 Å². The van der Waals surface area contributed by atoms with E-state index in [9.17, 15) is 9.59 Å². The monoisotopic (exact) mass is 373 g/mol. The summed E-state index contributed by atoms with van der Waals surface area (Å²) >= 11 is 3.36. The van der Waals surface area contributed by atoms with Gasteiger partial charge in [-0.3, -0.25) is 14.5 Å². The van der Waals surface area contributed by atoms with Gasteiger partial charge in [0.15, 0.2) is 0 Å². The Balaban J connectivity index is 1.68. The van der Waals surface area contributed by atoms with Gasteiger partial charge < -0.3 is 4.74 Å². The van der Waals surface area contributed by atoms with Gasteiger partial charge in [0.2, 0.25) is 0 Å². The second-order valence-electron chi connectivity index (χ2n) is 5.28. The molecule has 0 atom stereocenters. The zero-order chi connectivity index (χ0) is 16.2. The summed E-state index contributed by atoms with van der Waals surface area (Å²) in [6.45, 7) is 0.928. The minimum Gasteiger partial charge on any atom is -0.494 e. The summed E-state index contributed by atoms with van der Waals surface area (Å²) in [5, 5.41) is 0.908. The molecule has 0 saturated heterocycles. The van der Waals surface area contributed by atoms with Crippen LogP contribution in [0.5, 0.6) is 5.75 Å². The van der Waals surface area contributed by atoms with Crippen LogP contribution in [0.3, 0.4) is 0 Å². The zero-order valence-electron chi connectivity index (χ0n) is 12.5. The van der Waals surface area contributed by atoms with Crippen molar-refractivity contribution in [2.45, 2.75) is 13.0 Å². The first kappa shape index (κ1) is 15.7. The second-order valence-corrected chi connectivity index (χ2v) is 6.07. The predicted molar refractivity (Wildman–Crippen MR) is 91.0 cm³/mol. The van der Waals surface area contributed by atoms with Crippen molar-refractivity contribution < 1.29 is 14.3 Å². The third-order valence-corrected chi connectivity index (χ3v) is 4.25. The first-order chi connectivity index (χ1) is 11.2. The molecule has 2 aromatic rings. The van der Waals surface area contributed by atoms with Gasteiger partial charge in [0, 0.05) is 5.33 Å². The van der Waals surface area contributed by atoms with E-state index in [2.05, 4.69) is 15.9 Å². The molecule has 0 radical (unpaired) electrons. The fourth-order valence-electron chi connectivity index (χ4n) is 2.50. The summed E-state index contributed by atoms with van der Waals surface area (Å²) in [4.78, 5) is 25.9. The number of halogens is 1. The Kier molecular flexibility index (Phi) is 4.76. The number of hydrogen-bond donors (Lipinski definition) is 0. The first-order valence-electron chi connectivity index (χ1n) is 7.43. The molecule has 0 unspecified atom stereocenters. The maximum Gasteiger partial charge on any atom is 0.261 e. The molecule has 0 aromatic heterocycles. The largest absolute Gasteiger partial charge is 0.494 e. The van der Waals surface area contributed by atoms with Gasteiger partial charge in [-0.2, -0.15) is 0 Å². The van der Waals surface area contributed by atoms with E-state index < -0.39 is 0 Å². The van der Waals surface area contributed by atoms with Crippen molar-refractivity contribution in [1.82, 2.24) is 4.90 Å². The molecule has 0 spiro atoms. The molecule has 118 valence electrons. The molecule has 4 nitrogen and oxygen atoms in total. The number of imide groups is 1. The molecule has 3 rings (SSSR count). The number of amides is 2. The van der Waals surface area contributed by atoms with Crippen LogP contribution in [-0.4, -0.2) is 28.7 Å². The van der Waals surface area contributed by atoms with Gasteiger partial charge in [-0.25, -0.2) is 0 Å². The smallest absolute Gasteiger partial charge is 0.261 e. The molecule has 0 saturated carbocycles. The lowest BCUT2D eigenvalue weighted by atomic mass is 10.1. The van der Waals surface area contributed by atoms with Crippen LogP contribution in [0.25, 0.3) is 0 Å². The predicted octanol–water partition coefficient (Wildman–Crippen LogP) is 3.65. The maximum absolute atomic E-state index is 12.3. The average molecular weight is 374 g/mol. The van der Waals surface area contributed by atoms with Crippen molar-refractivity contribution in [3.63, 3.8) is 0 Å². The second kappa shape index (κ2) is 6.96. The van der Waals surface area contributed by atoms with Crippen molar-refractivity contribution >= 4 is 27.7 Å². The number of benzene rings is 2. The molecule has 2 amide bonds. The van der Waals surface area contributed by atoms with Gasteiger partial charge in [-0.05, 0) is 36.2 Å². The highest BCUT2D eigenvalue weighted by atomic mass is 79.9. The Morgan fingerprint density at radius 1 is 0.913 bits per heavy atom. The lowest BCUT2D eigenvalue weighted by Crippen LogP contribution is -2.29. The quantitative estimate of drug-likeness (QED) is 0.441. The van der Waals surface area contributed by atoms with Gasteiger partial charge in [0.25, 0.3) is 11.8 Å². The van der Waals surface area contributed by atoms with Crippen molar-refractivity contribution in [3.05, 3.63) is 65.2 Å². The van der Waals surface area contributed by atoms with Gasteiger partial charge in [-0.15, -0.1) is 0 Å². The van der Waals surface area contributed by atoms with Crippen molar-refractivity contribution in [2.75, 3.05) is 11.9 Å². The molecule has 0 bridgehead atoms. The standard InChI is InChI=1S/C18H16BrNO3/c19-10-3-11-23-14-8-6-13(7-9-14)12-20-17(21)15-4-1-2-5-16(15)18(20)22/h1-2,4-9H,3,10-12H2. The Bertz CT molecular complexity index is 692. The fourth-order valence-corrected chi connectivity index (χ4v) is 2.73. The van der Waals surface area contributed by atoms with Crippen LogP contribution in [0.1, 0.15) is 32.7 Å². The van der Waals surface area contributed by atoms with Gasteiger partial charge >= 0.3 is 0 Å². The third kappa shape index (κ3) is 3.29. The summed E-state index contributed by atoms with van der Waals surface area (Å²) in [6, 6.07) is 14.4. The number of alkyl halides is 1. The summed E-state index contributed by atoms with van der Waals surface area (Å²) in [7, 11) is 0. The number of carbonyl (C=O) groups excluding carboxylic acids is 2. The molecule has 1 aliphatic rings. The summed E-state index contributed by atoms with van der Waals surface area (Å²) < 4.78 is 5.59. The van der Waals surface area contributed by atoms with E-state index in [1.54, 1.807) is 24.3 Å². The number of hydrogen-bond acceptors (Lipinski definition) is 3. The topological polar surface area (TPSA) is 46.6 Å². The number of fused-ring (bicyclic) bond motifs is 1. The SMILES string of the molecule is O=C1c2ccccc2C(=O)N1Cc1ccc(OCCCBr)cc1. The van der Waals surface area contributed by atoms with Crippen LogP contribution in [0.15, 0.2) is 48.5 Å². The Morgan fingerprint density at radius 2 is 1.52 bits per heavy atom. The van der Waals surface area contributed by atoms with E-state index in [1.807, 2.05) is 24.3 Å². The Hall–Kier alpha value is -2.14. The molecule has 1 heterocycles. The lowest BCUT2D eigenvalue weighted by Gasteiger charge is -2.14. The van der Waals surface area contributed by atoms with Crippen molar-refractivity contribution in [3.8, 4) is 5.75 Å². The van der Waals surface area contributed by atoms with Crippen molar-refractivity contribution in [1.29, 1.82) is 0 Å². The third-order valence-electron chi connectivity index (χ3n) is 3.69. The molecule has 1 aliphatic heterocycles. The van der Waals surface area contributed by atoms with E-state index in [-0.39, 0.29) is 18.4 Å². The molecule has 0 aliphatic carbocycles. The highest BCUT2D eigenvalue weighted by molar-refractivity contribution is 9.09. The van der Waals surface area contributed by atoms with E-state index >= 15 is 0 Å². The van der Waals surface area contributed by atoms with Crippen LogP contribution in [-0.2, 0) is 6.54 Å². The first-order valence-corrected chi connectivity index (χ1v) is 8.56. The molecular formula is C18H16BrNO3. The summed E-state index contributed by atoms with van der Waals surface area (Å²) in [5.74, 6) is 0.323. The minimum absolute atomic E-state index is 0.233. The molecular weight excluding hydrogens is 358 g/mol. The molecule has 0 fully saturated rings. The normalized spacial score (nSPS) is 13.3. The molecule has 0 N–H and O–H groups in total. The maximum atomic E-state index is 12.3. The number of ether oxygens (including phenoxy) is 1. The van der Waals surface area contributed by atoms with E-state index in [4.69, 9.17) is 4.74 Å². The lowest BCUT2D eigenvalue weighted by molar-refractivity contribution is 0.0642. The molecule has 5 heteroatoms. The fraction of sp³-hybridized carbons (Fsp3) is 0.222. The van der Waals surface area contributed by atoms with E-state index in [0.717, 1.165) is 23.1 Å². The van der Waals surface area contributed by atoms with Gasteiger partial charge in [-0.1, -0.05) is 40.2 Å². The van der Waals surface area contributed by atoms with Crippen LogP contribution >= 0.6 is 15.9 Å².